The summed E-state index contributed by atoms with van der Waals surface area (Å²) in [6, 6.07) is 3.24. The van der Waals surface area contributed by atoms with Crippen LogP contribution in [0.15, 0.2) is 18.3 Å². The molecule has 7 nitrogen and oxygen atoms in total. The number of nitrogens with zero attached hydrogens (tertiary/aromatic N) is 7. The number of hydrogen-bond donors (Lipinski definition) is 0. The number of imidazole rings is 1. The number of aromatic nitrogens is 6. The van der Waals surface area contributed by atoms with E-state index in [0.717, 1.165) is 36.1 Å². The highest BCUT2D eigenvalue weighted by atomic mass is 32.1. The largest absolute Gasteiger partial charge is 0.267 e. The van der Waals surface area contributed by atoms with Crippen LogP contribution in [0.5, 0.6) is 0 Å². The van der Waals surface area contributed by atoms with Crippen LogP contribution in [0.3, 0.4) is 0 Å². The van der Waals surface area contributed by atoms with Gasteiger partial charge in [0.1, 0.15) is 16.0 Å². The lowest BCUT2D eigenvalue weighted by atomic mass is 9.41. The predicted octanol–water partition coefficient (Wildman–Crippen LogP) is 4.34. The van der Waals surface area contributed by atoms with Crippen LogP contribution in [-0.2, 0) is 7.05 Å². The smallest absolute Gasteiger partial charge is 0.222 e. The zero-order chi connectivity index (χ0) is 20.5. The number of nitriles is 1. The van der Waals surface area contributed by atoms with E-state index >= 15 is 0 Å². The number of hydrogen-bond acceptors (Lipinski definition) is 6. The Balaban J connectivity index is 0.000000994. The van der Waals surface area contributed by atoms with E-state index in [2.05, 4.69) is 21.3 Å². The first kappa shape index (κ1) is 19.5. The van der Waals surface area contributed by atoms with Crippen molar-refractivity contribution in [2.24, 2.45) is 7.05 Å². The van der Waals surface area contributed by atoms with Gasteiger partial charge in [0.25, 0.3) is 6.71 Å². The number of benzene rings is 1. The summed E-state index contributed by atoms with van der Waals surface area (Å²) in [6.45, 7) is 4.18. The second-order valence-corrected chi connectivity index (χ2v) is 7.95. The molecule has 0 spiro atoms. The summed E-state index contributed by atoms with van der Waals surface area (Å²) in [5.41, 5.74) is 2.48. The first-order valence-electron chi connectivity index (χ1n) is 9.87. The van der Waals surface area contributed by atoms with E-state index in [0.29, 0.717) is 22.0 Å². The van der Waals surface area contributed by atoms with Crippen molar-refractivity contribution in [1.82, 2.24) is 29.6 Å². The zero-order valence-corrected chi connectivity index (χ0v) is 17.4. The lowest BCUT2D eigenvalue weighted by Gasteiger charge is -2.21. The minimum Gasteiger partial charge on any atom is -0.222 e. The molecule has 3 aromatic heterocycles. The Morgan fingerprint density at radius 2 is 1.97 bits per heavy atom. The van der Waals surface area contributed by atoms with E-state index in [1.807, 2.05) is 20.0 Å². The molecule has 10 heteroatoms. The van der Waals surface area contributed by atoms with Crippen molar-refractivity contribution in [3.05, 3.63) is 29.8 Å². The van der Waals surface area contributed by atoms with Gasteiger partial charge in [-0.2, -0.15) is 20.1 Å². The highest BCUT2D eigenvalue weighted by Gasteiger charge is 2.27. The summed E-state index contributed by atoms with van der Waals surface area (Å²) in [5, 5.41) is 22.5. The second kappa shape index (κ2) is 7.91. The Kier molecular flexibility index (Phi) is 5.32. The van der Waals surface area contributed by atoms with Crippen LogP contribution in [-0.4, -0.2) is 36.3 Å². The molecule has 0 amide bonds. The lowest BCUT2D eigenvalue weighted by Crippen LogP contribution is -2.19. The monoisotopic (exact) mass is 409 g/mol. The minimum absolute atomic E-state index is 0.181. The fourth-order valence-electron chi connectivity index (χ4n) is 3.75. The van der Waals surface area contributed by atoms with Crippen LogP contribution in [0.1, 0.15) is 38.3 Å². The zero-order valence-electron chi connectivity index (χ0n) is 16.6. The summed E-state index contributed by atoms with van der Waals surface area (Å²) in [6.07, 6.45) is 5.81. The van der Waals surface area contributed by atoms with E-state index in [-0.39, 0.29) is 12.2 Å². The maximum absolute atomic E-state index is 14.3. The van der Waals surface area contributed by atoms with Crippen molar-refractivity contribution in [2.45, 2.75) is 45.2 Å². The summed E-state index contributed by atoms with van der Waals surface area (Å²) in [7, 11) is 1.67. The van der Waals surface area contributed by atoms with Crippen molar-refractivity contribution in [3.63, 3.8) is 0 Å². The normalized spacial score (nSPS) is 14.8. The Labute approximate surface area is 172 Å². The highest BCUT2D eigenvalue weighted by Crippen LogP contribution is 2.35. The van der Waals surface area contributed by atoms with E-state index in [4.69, 9.17) is 10.2 Å². The van der Waals surface area contributed by atoms with Crippen molar-refractivity contribution >= 4 is 34.0 Å². The molecule has 0 radical (unpaired) electrons. The Morgan fingerprint density at radius 1 is 1.21 bits per heavy atom. The van der Waals surface area contributed by atoms with Crippen molar-refractivity contribution in [1.29, 1.82) is 5.26 Å². The molecule has 1 saturated heterocycles. The van der Waals surface area contributed by atoms with Crippen LogP contribution in [0, 0.1) is 17.0 Å². The van der Waals surface area contributed by atoms with Crippen LogP contribution >= 0.6 is 11.3 Å². The Bertz CT molecular complexity index is 1170. The summed E-state index contributed by atoms with van der Waals surface area (Å²) in [4.78, 5) is 6.89. The fraction of sp³-hybridized carbons (Fsp3) is 0.421. The third-order valence-corrected chi connectivity index (χ3v) is 6.15. The topological polar surface area (TPSA) is 84.7 Å². The molecule has 4 heterocycles. The van der Waals surface area contributed by atoms with Gasteiger partial charge in [-0.1, -0.05) is 50.7 Å². The Morgan fingerprint density at radius 3 is 2.66 bits per heavy atom. The molecule has 1 aromatic carbocycles. The summed E-state index contributed by atoms with van der Waals surface area (Å²) in [5.74, 6) is 2.35. The van der Waals surface area contributed by atoms with Crippen LogP contribution in [0.2, 0.25) is 12.6 Å². The molecule has 0 atom stereocenters. The van der Waals surface area contributed by atoms with E-state index in [1.165, 1.54) is 22.2 Å². The average Bonchev–Trinajstić information content (AvgIpc) is 3.42. The van der Waals surface area contributed by atoms with Crippen LogP contribution in [0.4, 0.5) is 4.39 Å². The number of rotatable bonds is 2. The molecule has 1 aliphatic heterocycles. The third-order valence-electron chi connectivity index (χ3n) is 5.18. The average molecular weight is 409 g/mol. The molecule has 1 aliphatic rings. The van der Waals surface area contributed by atoms with Gasteiger partial charge >= 0.3 is 0 Å². The van der Waals surface area contributed by atoms with Gasteiger partial charge in [-0.3, -0.25) is 0 Å². The molecule has 0 bridgehead atoms. The van der Waals surface area contributed by atoms with Gasteiger partial charge in [-0.15, -0.1) is 0 Å². The molecule has 1 fully saturated rings. The van der Waals surface area contributed by atoms with Gasteiger partial charge in [-0.25, -0.2) is 19.2 Å². The lowest BCUT2D eigenvalue weighted by molar-refractivity contribution is 0.598. The summed E-state index contributed by atoms with van der Waals surface area (Å²) < 4.78 is 16.1. The number of halogens is 1. The molecule has 0 unspecified atom stereocenters. The highest BCUT2D eigenvalue weighted by molar-refractivity contribution is 7.19. The molecule has 4 aromatic rings. The van der Waals surface area contributed by atoms with Gasteiger partial charge in [0.05, 0.1) is 11.9 Å². The standard InChI is InChI=1S/C17H15BFN7S.C2H6/c1-25-22-13-7-11(6-12(19)15(13)23-25)16-24-26-8-14(21-17(26)27-16)10-2-4-18(9-20)5-3-10;1-2/h6-8,10H,2-5H2,1H3;1-2H3. The van der Waals surface area contributed by atoms with E-state index in [9.17, 15) is 4.39 Å². The third kappa shape index (κ3) is 3.62. The predicted molar refractivity (Wildman–Crippen MR) is 113 cm³/mol. The van der Waals surface area contributed by atoms with Crippen LogP contribution < -0.4 is 0 Å². The SMILES string of the molecule is CC.Cn1nc2cc(-c3nn4cc(C5CCB(C#N)CC5)nc4s3)cc(F)c2n1. The first-order chi connectivity index (χ1) is 14.1. The first-order valence-corrected chi connectivity index (χ1v) is 10.7. The maximum Gasteiger partial charge on any atom is 0.267 e. The molecular weight excluding hydrogens is 388 g/mol. The van der Waals surface area contributed by atoms with E-state index < -0.39 is 5.82 Å². The molecule has 0 aliphatic carbocycles. The van der Waals surface area contributed by atoms with Crippen LogP contribution in [0.25, 0.3) is 26.6 Å². The van der Waals surface area contributed by atoms with Crippen molar-refractivity contribution < 1.29 is 4.39 Å². The number of aryl methyl sites for hydroxylation is 1. The van der Waals surface area contributed by atoms with Gasteiger partial charge in [0, 0.05) is 24.5 Å². The molecule has 29 heavy (non-hydrogen) atoms. The molecule has 5 rings (SSSR count). The molecular formula is C19H21BFN7S. The molecule has 148 valence electrons. The maximum atomic E-state index is 14.3. The van der Waals surface area contributed by atoms with Gasteiger partial charge < -0.3 is 0 Å². The minimum atomic E-state index is -0.404. The fourth-order valence-corrected chi connectivity index (χ4v) is 4.63. The van der Waals surface area contributed by atoms with Crippen molar-refractivity contribution in [3.8, 4) is 16.5 Å². The van der Waals surface area contributed by atoms with Gasteiger partial charge in [-0.05, 0) is 12.1 Å². The quantitative estimate of drug-likeness (QED) is 0.460. The second-order valence-electron chi connectivity index (χ2n) is 6.99. The van der Waals surface area contributed by atoms with Gasteiger partial charge in [0.15, 0.2) is 5.82 Å². The Hall–Kier alpha value is -2.80. The van der Waals surface area contributed by atoms with Crippen molar-refractivity contribution in [2.75, 3.05) is 0 Å². The van der Waals surface area contributed by atoms with E-state index in [1.54, 1.807) is 17.6 Å². The molecule has 0 N–H and O–H groups in total. The molecule has 0 saturated carbocycles. The summed E-state index contributed by atoms with van der Waals surface area (Å²) >= 11 is 1.43. The van der Waals surface area contributed by atoms with Gasteiger partial charge in [0.2, 0.25) is 4.96 Å². The number of fused-ring (bicyclic) bond motifs is 2.